The van der Waals surface area contributed by atoms with E-state index in [2.05, 4.69) is 10.3 Å². The van der Waals surface area contributed by atoms with E-state index in [1.54, 1.807) is 25.1 Å². The third-order valence-corrected chi connectivity index (χ3v) is 5.66. The molecule has 31 heavy (non-hydrogen) atoms. The first kappa shape index (κ1) is 20.7. The van der Waals surface area contributed by atoms with Gasteiger partial charge in [0.2, 0.25) is 11.8 Å². The summed E-state index contributed by atoms with van der Waals surface area (Å²) >= 11 is 0. The van der Waals surface area contributed by atoms with Gasteiger partial charge in [-0.3, -0.25) is 29.1 Å². The standard InChI is InChI=1S/C24H23N3O4/c1-15-25-18-11-5-9-17(10-6-12-20(28)16-7-3-2-4-8-16)22(18)24(31)27(15)19-13-14-21(29)26-23(19)30/h2-5,7-9,11,19H,6,10,12-14H2,1H3,(H,26,29,30). The van der Waals surface area contributed by atoms with E-state index in [1.165, 1.54) is 4.57 Å². The average molecular weight is 417 g/mol. The molecule has 2 heterocycles. The van der Waals surface area contributed by atoms with E-state index in [9.17, 15) is 19.2 Å². The van der Waals surface area contributed by atoms with E-state index in [0.29, 0.717) is 41.6 Å². The highest BCUT2D eigenvalue weighted by molar-refractivity contribution is 5.99. The van der Waals surface area contributed by atoms with Crippen molar-refractivity contribution in [3.8, 4) is 0 Å². The number of ketones is 1. The van der Waals surface area contributed by atoms with Gasteiger partial charge in [0.25, 0.3) is 5.56 Å². The third-order valence-electron chi connectivity index (χ3n) is 5.66. The fraction of sp³-hybridized carbons (Fsp3) is 0.292. The van der Waals surface area contributed by atoms with Crippen LogP contribution in [0.15, 0.2) is 53.3 Å². The lowest BCUT2D eigenvalue weighted by molar-refractivity contribution is -0.135. The summed E-state index contributed by atoms with van der Waals surface area (Å²) in [6, 6.07) is 13.9. The van der Waals surface area contributed by atoms with Gasteiger partial charge in [-0.15, -0.1) is 0 Å². The second-order valence-electron chi connectivity index (χ2n) is 7.76. The largest absolute Gasteiger partial charge is 0.295 e. The fourth-order valence-electron chi connectivity index (χ4n) is 4.13. The molecule has 7 heteroatoms. The Kier molecular flexibility index (Phi) is 5.75. The SMILES string of the molecule is Cc1nc2cccc(CCCC(=O)c3ccccc3)c2c(=O)n1C1CCC(=O)NC1=O. The van der Waals surface area contributed by atoms with Crippen LogP contribution in [0.4, 0.5) is 0 Å². The van der Waals surface area contributed by atoms with Gasteiger partial charge in [-0.05, 0) is 37.8 Å². The number of piperidine rings is 1. The van der Waals surface area contributed by atoms with Crippen molar-refractivity contribution < 1.29 is 14.4 Å². The summed E-state index contributed by atoms with van der Waals surface area (Å²) in [5.74, 6) is -0.308. The molecule has 1 N–H and O–H groups in total. The quantitative estimate of drug-likeness (QED) is 0.491. The monoisotopic (exact) mass is 417 g/mol. The predicted octanol–water partition coefficient (Wildman–Crippen LogP) is 2.89. The lowest BCUT2D eigenvalue weighted by Gasteiger charge is -2.24. The van der Waals surface area contributed by atoms with Gasteiger partial charge in [0.05, 0.1) is 10.9 Å². The zero-order valence-corrected chi connectivity index (χ0v) is 17.3. The molecule has 1 atom stereocenters. The number of hydrogen-bond acceptors (Lipinski definition) is 5. The maximum Gasteiger partial charge on any atom is 0.262 e. The Labute approximate surface area is 179 Å². The van der Waals surface area contributed by atoms with E-state index in [-0.39, 0.29) is 30.1 Å². The molecule has 1 aromatic heterocycles. The first-order chi connectivity index (χ1) is 15.0. The highest BCUT2D eigenvalue weighted by atomic mass is 16.2. The van der Waals surface area contributed by atoms with Crippen LogP contribution in [0.2, 0.25) is 0 Å². The lowest BCUT2D eigenvalue weighted by Crippen LogP contribution is -2.45. The molecular weight excluding hydrogens is 394 g/mol. The molecule has 1 unspecified atom stereocenters. The molecule has 1 aliphatic rings. The predicted molar refractivity (Wildman–Crippen MR) is 116 cm³/mol. The molecular formula is C24H23N3O4. The van der Waals surface area contributed by atoms with Gasteiger partial charge in [0, 0.05) is 18.4 Å². The van der Waals surface area contributed by atoms with Crippen LogP contribution >= 0.6 is 0 Å². The van der Waals surface area contributed by atoms with Crippen molar-refractivity contribution >= 4 is 28.5 Å². The molecule has 1 saturated heterocycles. The van der Waals surface area contributed by atoms with Gasteiger partial charge < -0.3 is 0 Å². The minimum Gasteiger partial charge on any atom is -0.295 e. The van der Waals surface area contributed by atoms with Crippen LogP contribution in [0.5, 0.6) is 0 Å². The molecule has 158 valence electrons. The highest BCUT2D eigenvalue weighted by Crippen LogP contribution is 2.22. The molecule has 0 saturated carbocycles. The number of amides is 2. The van der Waals surface area contributed by atoms with E-state index in [0.717, 1.165) is 5.56 Å². The molecule has 4 rings (SSSR count). The van der Waals surface area contributed by atoms with Crippen LogP contribution in [0.25, 0.3) is 10.9 Å². The molecule has 1 fully saturated rings. The molecule has 0 bridgehead atoms. The van der Waals surface area contributed by atoms with E-state index < -0.39 is 11.9 Å². The van der Waals surface area contributed by atoms with Crippen molar-refractivity contribution in [3.63, 3.8) is 0 Å². The lowest BCUT2D eigenvalue weighted by atomic mass is 9.99. The van der Waals surface area contributed by atoms with Crippen LogP contribution in [-0.4, -0.2) is 27.1 Å². The molecule has 0 spiro atoms. The van der Waals surface area contributed by atoms with Gasteiger partial charge in [-0.1, -0.05) is 42.5 Å². The Hall–Kier alpha value is -3.61. The number of benzene rings is 2. The molecule has 0 radical (unpaired) electrons. The number of rotatable bonds is 6. The Balaban J connectivity index is 1.62. The van der Waals surface area contributed by atoms with Crippen LogP contribution in [0.3, 0.4) is 0 Å². The summed E-state index contributed by atoms with van der Waals surface area (Å²) in [6.07, 6.45) is 1.97. The van der Waals surface area contributed by atoms with Crippen LogP contribution in [0.1, 0.15) is 53.5 Å². The Morgan fingerprint density at radius 2 is 1.87 bits per heavy atom. The third kappa shape index (κ3) is 4.17. The normalized spacial score (nSPS) is 16.4. The molecule has 7 nitrogen and oxygen atoms in total. The van der Waals surface area contributed by atoms with Gasteiger partial charge in [0.15, 0.2) is 5.78 Å². The zero-order chi connectivity index (χ0) is 22.0. The van der Waals surface area contributed by atoms with Gasteiger partial charge in [-0.25, -0.2) is 4.98 Å². The number of nitrogens with zero attached hydrogens (tertiary/aromatic N) is 2. The number of Topliss-reactive ketones (excluding diaryl/α,β-unsaturated/α-hetero) is 1. The number of hydrogen-bond donors (Lipinski definition) is 1. The second kappa shape index (κ2) is 8.63. The first-order valence-electron chi connectivity index (χ1n) is 10.4. The second-order valence-corrected chi connectivity index (χ2v) is 7.76. The summed E-state index contributed by atoms with van der Waals surface area (Å²) in [5.41, 5.74) is 1.76. The van der Waals surface area contributed by atoms with Crippen LogP contribution in [-0.2, 0) is 16.0 Å². The summed E-state index contributed by atoms with van der Waals surface area (Å²) in [5, 5.41) is 2.77. The maximum atomic E-state index is 13.4. The topological polar surface area (TPSA) is 98.1 Å². The number of carbonyl (C=O) groups excluding carboxylic acids is 3. The van der Waals surface area contributed by atoms with Crippen LogP contribution < -0.4 is 10.9 Å². The van der Waals surface area contributed by atoms with Crippen molar-refractivity contribution in [3.05, 3.63) is 75.8 Å². The van der Waals surface area contributed by atoms with E-state index in [1.807, 2.05) is 30.3 Å². The molecule has 3 aromatic rings. The summed E-state index contributed by atoms with van der Waals surface area (Å²) in [6.45, 7) is 1.69. The fourth-order valence-corrected chi connectivity index (χ4v) is 4.13. The molecule has 2 amide bonds. The number of imide groups is 1. The van der Waals surface area contributed by atoms with E-state index >= 15 is 0 Å². The van der Waals surface area contributed by atoms with E-state index in [4.69, 9.17) is 0 Å². The van der Waals surface area contributed by atoms with Gasteiger partial charge in [-0.2, -0.15) is 0 Å². The van der Waals surface area contributed by atoms with Gasteiger partial charge in [0.1, 0.15) is 11.9 Å². The summed E-state index contributed by atoms with van der Waals surface area (Å²) in [7, 11) is 0. The number of fused-ring (bicyclic) bond motifs is 1. The smallest absolute Gasteiger partial charge is 0.262 e. The Bertz CT molecular complexity index is 1230. The Morgan fingerprint density at radius 3 is 2.61 bits per heavy atom. The van der Waals surface area contributed by atoms with Crippen LogP contribution in [0, 0.1) is 6.92 Å². The molecule has 1 aliphatic heterocycles. The molecule has 0 aliphatic carbocycles. The number of aromatic nitrogens is 2. The van der Waals surface area contributed by atoms with Crippen molar-refractivity contribution in [2.45, 2.75) is 45.1 Å². The maximum absolute atomic E-state index is 13.4. The minimum absolute atomic E-state index is 0.0655. The Morgan fingerprint density at radius 1 is 1.10 bits per heavy atom. The number of carbonyl (C=O) groups is 3. The highest BCUT2D eigenvalue weighted by Gasteiger charge is 2.30. The minimum atomic E-state index is -0.755. The zero-order valence-electron chi connectivity index (χ0n) is 17.3. The van der Waals surface area contributed by atoms with Gasteiger partial charge >= 0.3 is 0 Å². The first-order valence-corrected chi connectivity index (χ1v) is 10.4. The van der Waals surface area contributed by atoms with Crippen molar-refractivity contribution in [1.82, 2.24) is 14.9 Å². The van der Waals surface area contributed by atoms with Crippen molar-refractivity contribution in [2.75, 3.05) is 0 Å². The number of nitrogens with one attached hydrogen (secondary N) is 1. The van der Waals surface area contributed by atoms with Crippen molar-refractivity contribution in [1.29, 1.82) is 0 Å². The number of aryl methyl sites for hydroxylation is 2. The summed E-state index contributed by atoms with van der Waals surface area (Å²) in [4.78, 5) is 54.2. The molecule has 2 aromatic carbocycles. The summed E-state index contributed by atoms with van der Waals surface area (Å²) < 4.78 is 1.39. The van der Waals surface area contributed by atoms with Crippen molar-refractivity contribution in [2.24, 2.45) is 0 Å². The average Bonchev–Trinajstić information content (AvgIpc) is 2.75.